The van der Waals surface area contributed by atoms with Crippen LogP contribution in [0.3, 0.4) is 0 Å². The van der Waals surface area contributed by atoms with Crippen molar-refractivity contribution in [3.63, 3.8) is 0 Å². The van der Waals surface area contributed by atoms with Gasteiger partial charge in [0.2, 0.25) is 0 Å². The first kappa shape index (κ1) is 9.13. The van der Waals surface area contributed by atoms with Gasteiger partial charge < -0.3 is 5.32 Å². The Balaban J connectivity index is 2.50. The summed E-state index contributed by atoms with van der Waals surface area (Å²) >= 11 is 17.4. The van der Waals surface area contributed by atoms with Gasteiger partial charge >= 0.3 is 0 Å². The van der Waals surface area contributed by atoms with Crippen LogP contribution in [0.25, 0.3) is 0 Å². The van der Waals surface area contributed by atoms with Gasteiger partial charge in [-0.1, -0.05) is 34.8 Å². The van der Waals surface area contributed by atoms with Crippen molar-refractivity contribution in [1.82, 2.24) is 0 Å². The molecule has 2 rings (SSSR count). The molecule has 0 saturated carbocycles. The second kappa shape index (κ2) is 3.37. The number of nitrogens with one attached hydrogen (secondary N) is 1. The van der Waals surface area contributed by atoms with Crippen LogP contribution in [0, 0.1) is 0 Å². The molecule has 5 heteroatoms. The first-order valence-corrected chi connectivity index (χ1v) is 4.80. The number of hydrogen-bond donors (Lipinski definition) is 1. The lowest BCUT2D eigenvalue weighted by Gasteiger charge is -2.18. The maximum Gasteiger partial charge on any atom is 0.155 e. The molecule has 13 heavy (non-hydrogen) atoms. The largest absolute Gasteiger partial charge is 0.362 e. The predicted molar refractivity (Wildman–Crippen MR) is 57.7 cm³/mol. The van der Waals surface area contributed by atoms with E-state index >= 15 is 0 Å². The summed E-state index contributed by atoms with van der Waals surface area (Å²) in [7, 11) is 0. The molecule has 1 unspecified atom stereocenters. The van der Waals surface area contributed by atoms with Crippen molar-refractivity contribution in [3.8, 4) is 0 Å². The van der Waals surface area contributed by atoms with Crippen LogP contribution in [0.1, 0.15) is 0 Å². The molecular weight excluding hydrogens is 230 g/mol. The van der Waals surface area contributed by atoms with E-state index in [1.807, 2.05) is 0 Å². The van der Waals surface area contributed by atoms with Crippen molar-refractivity contribution in [2.45, 2.75) is 5.50 Å². The fourth-order valence-corrected chi connectivity index (χ4v) is 1.57. The van der Waals surface area contributed by atoms with Crippen LogP contribution in [0.15, 0.2) is 23.2 Å². The van der Waals surface area contributed by atoms with Gasteiger partial charge in [-0.25, -0.2) is 4.99 Å². The second-order valence-corrected chi connectivity index (χ2v) is 3.86. The summed E-state index contributed by atoms with van der Waals surface area (Å²) in [6.07, 6.45) is 0. The van der Waals surface area contributed by atoms with Crippen molar-refractivity contribution < 1.29 is 0 Å². The minimum absolute atomic E-state index is 0.344. The smallest absolute Gasteiger partial charge is 0.155 e. The SMILES string of the molecule is ClC1=Nc2ccc(Cl)cc2NC1Cl. The van der Waals surface area contributed by atoms with Crippen LogP contribution >= 0.6 is 34.8 Å². The summed E-state index contributed by atoms with van der Waals surface area (Å²) < 4.78 is 0. The molecule has 0 bridgehead atoms. The lowest BCUT2D eigenvalue weighted by atomic mass is 10.2. The molecule has 1 N–H and O–H groups in total. The fraction of sp³-hybridized carbons (Fsp3) is 0.125. The summed E-state index contributed by atoms with van der Waals surface area (Å²) in [6, 6.07) is 5.30. The van der Waals surface area contributed by atoms with Crippen LogP contribution in [0.5, 0.6) is 0 Å². The van der Waals surface area contributed by atoms with Crippen molar-refractivity contribution in [3.05, 3.63) is 23.2 Å². The van der Waals surface area contributed by atoms with E-state index in [2.05, 4.69) is 10.3 Å². The molecule has 0 saturated heterocycles. The molecule has 0 fully saturated rings. The highest BCUT2D eigenvalue weighted by molar-refractivity contribution is 6.71. The number of alkyl halides is 1. The number of nitrogens with zero attached hydrogens (tertiary/aromatic N) is 1. The first-order valence-electron chi connectivity index (χ1n) is 3.61. The van der Waals surface area contributed by atoms with E-state index in [1.165, 1.54) is 0 Å². The maximum absolute atomic E-state index is 5.83. The minimum atomic E-state index is -0.465. The van der Waals surface area contributed by atoms with Gasteiger partial charge in [0.1, 0.15) is 5.17 Å². The van der Waals surface area contributed by atoms with Gasteiger partial charge in [-0.15, -0.1) is 0 Å². The molecule has 1 heterocycles. The molecule has 68 valence electrons. The lowest BCUT2D eigenvalue weighted by molar-refractivity contribution is 1.25. The van der Waals surface area contributed by atoms with Gasteiger partial charge in [0.15, 0.2) is 5.50 Å². The summed E-state index contributed by atoms with van der Waals surface area (Å²) in [4.78, 5) is 4.10. The third kappa shape index (κ3) is 1.75. The second-order valence-electron chi connectivity index (χ2n) is 2.60. The molecule has 0 radical (unpaired) electrons. The molecule has 2 nitrogen and oxygen atoms in total. The van der Waals surface area contributed by atoms with Gasteiger partial charge in [-0.3, -0.25) is 0 Å². The Morgan fingerprint density at radius 1 is 1.31 bits per heavy atom. The molecule has 0 aliphatic carbocycles. The maximum atomic E-state index is 5.83. The average molecular weight is 236 g/mol. The summed E-state index contributed by atoms with van der Waals surface area (Å²) in [5.41, 5.74) is 1.09. The summed E-state index contributed by atoms with van der Waals surface area (Å²) in [5, 5.41) is 3.95. The van der Waals surface area contributed by atoms with E-state index in [0.29, 0.717) is 10.2 Å². The molecule has 1 aliphatic rings. The molecule has 1 aromatic rings. The highest BCUT2D eigenvalue weighted by Gasteiger charge is 2.18. The number of halogens is 3. The normalized spacial score (nSPS) is 20.2. The van der Waals surface area contributed by atoms with Gasteiger partial charge in [0.25, 0.3) is 0 Å². The number of benzene rings is 1. The minimum Gasteiger partial charge on any atom is -0.362 e. The average Bonchev–Trinajstić information content (AvgIpc) is 2.08. The first-order chi connectivity index (χ1) is 6.16. The standard InChI is InChI=1S/C8H5Cl3N2/c9-4-1-2-5-6(3-4)13-8(11)7(10)12-5/h1-3,8,13H. The van der Waals surface area contributed by atoms with Crippen molar-refractivity contribution in [2.75, 3.05) is 5.32 Å². The Morgan fingerprint density at radius 2 is 2.08 bits per heavy atom. The Hall–Kier alpha value is -0.440. The van der Waals surface area contributed by atoms with Crippen LogP contribution in [0.4, 0.5) is 11.4 Å². The highest BCUT2D eigenvalue weighted by Crippen LogP contribution is 2.33. The molecule has 1 aromatic carbocycles. The molecule has 1 atom stereocenters. The topological polar surface area (TPSA) is 24.4 Å². The molecular formula is C8H5Cl3N2. The zero-order valence-corrected chi connectivity index (χ0v) is 8.66. The Morgan fingerprint density at radius 3 is 2.85 bits per heavy atom. The van der Waals surface area contributed by atoms with Gasteiger partial charge in [0.05, 0.1) is 11.4 Å². The predicted octanol–water partition coefficient (Wildman–Crippen LogP) is 3.60. The van der Waals surface area contributed by atoms with Gasteiger partial charge in [0, 0.05) is 5.02 Å². The fourth-order valence-electron chi connectivity index (χ4n) is 1.09. The number of fused-ring (bicyclic) bond motifs is 1. The van der Waals surface area contributed by atoms with E-state index < -0.39 is 5.50 Å². The molecule has 0 spiro atoms. The monoisotopic (exact) mass is 234 g/mol. The molecule has 0 aromatic heterocycles. The number of aliphatic imine (C=N–C) groups is 1. The third-order valence-electron chi connectivity index (χ3n) is 1.68. The zero-order valence-electron chi connectivity index (χ0n) is 6.39. The molecule has 0 amide bonds. The van der Waals surface area contributed by atoms with Crippen molar-refractivity contribution in [1.29, 1.82) is 0 Å². The van der Waals surface area contributed by atoms with Crippen LogP contribution < -0.4 is 5.32 Å². The van der Waals surface area contributed by atoms with E-state index in [9.17, 15) is 0 Å². The highest BCUT2D eigenvalue weighted by atomic mass is 35.5. The van der Waals surface area contributed by atoms with Crippen LogP contribution in [-0.2, 0) is 0 Å². The summed E-state index contributed by atoms with van der Waals surface area (Å²) in [5.74, 6) is 0. The van der Waals surface area contributed by atoms with Crippen LogP contribution in [0.2, 0.25) is 5.02 Å². The van der Waals surface area contributed by atoms with Gasteiger partial charge in [-0.05, 0) is 18.2 Å². The van der Waals surface area contributed by atoms with Gasteiger partial charge in [-0.2, -0.15) is 0 Å². The number of rotatable bonds is 0. The third-order valence-corrected chi connectivity index (χ3v) is 2.64. The Labute approximate surface area is 90.5 Å². The number of hydrogen-bond acceptors (Lipinski definition) is 2. The lowest BCUT2D eigenvalue weighted by Crippen LogP contribution is -2.22. The van der Waals surface area contributed by atoms with Crippen LogP contribution in [-0.4, -0.2) is 10.7 Å². The van der Waals surface area contributed by atoms with Crippen molar-refractivity contribution in [2.24, 2.45) is 4.99 Å². The van der Waals surface area contributed by atoms with E-state index in [4.69, 9.17) is 34.8 Å². The zero-order chi connectivity index (χ0) is 9.42. The Kier molecular flexibility index (Phi) is 2.37. The van der Waals surface area contributed by atoms with Crippen molar-refractivity contribution >= 4 is 51.3 Å². The van der Waals surface area contributed by atoms with E-state index in [-0.39, 0.29) is 0 Å². The van der Waals surface area contributed by atoms with E-state index in [0.717, 1.165) is 11.4 Å². The summed E-state index contributed by atoms with van der Waals surface area (Å²) in [6.45, 7) is 0. The quantitative estimate of drug-likeness (QED) is 0.539. The molecule has 1 aliphatic heterocycles. The number of anilines is 1. The van der Waals surface area contributed by atoms with E-state index in [1.54, 1.807) is 18.2 Å². The Bertz CT molecular complexity index is 376.